The van der Waals surface area contributed by atoms with E-state index in [4.69, 9.17) is 4.42 Å². The predicted molar refractivity (Wildman–Crippen MR) is 80.7 cm³/mol. The highest BCUT2D eigenvalue weighted by Gasteiger charge is 2.25. The van der Waals surface area contributed by atoms with Gasteiger partial charge in [0, 0.05) is 25.7 Å². The number of aliphatic hydroxyl groups is 1. The van der Waals surface area contributed by atoms with Gasteiger partial charge < -0.3 is 20.2 Å². The number of hydrogen-bond acceptors (Lipinski definition) is 4. The zero-order chi connectivity index (χ0) is 15.3. The van der Waals surface area contributed by atoms with Crippen molar-refractivity contribution in [2.75, 3.05) is 11.9 Å². The van der Waals surface area contributed by atoms with E-state index in [1.807, 2.05) is 24.3 Å². The van der Waals surface area contributed by atoms with Crippen molar-refractivity contribution in [2.24, 2.45) is 0 Å². The summed E-state index contributed by atoms with van der Waals surface area (Å²) in [5.74, 6) is 0.450. The molecule has 0 saturated heterocycles. The topological polar surface area (TPSA) is 74.5 Å². The van der Waals surface area contributed by atoms with Gasteiger partial charge >= 0.3 is 0 Å². The first-order chi connectivity index (χ1) is 9.97. The van der Waals surface area contributed by atoms with Crippen LogP contribution in [0.4, 0.5) is 5.69 Å². The number of amides is 1. The van der Waals surface area contributed by atoms with Gasteiger partial charge in [0.15, 0.2) is 0 Å². The van der Waals surface area contributed by atoms with E-state index in [0.717, 1.165) is 11.3 Å². The van der Waals surface area contributed by atoms with Gasteiger partial charge in [-0.3, -0.25) is 4.79 Å². The lowest BCUT2D eigenvalue weighted by Crippen LogP contribution is -2.34. The number of carbonyl (C=O) groups excluding carboxylic acids is 1. The first-order valence-electron chi connectivity index (χ1n) is 6.81. The summed E-state index contributed by atoms with van der Waals surface area (Å²) in [4.78, 5) is 10.9. The summed E-state index contributed by atoms with van der Waals surface area (Å²) in [5, 5.41) is 16.2. The zero-order valence-electron chi connectivity index (χ0n) is 12.2. The Morgan fingerprint density at radius 3 is 2.57 bits per heavy atom. The molecule has 1 atom stereocenters. The minimum Gasteiger partial charge on any atom is -0.466 e. The van der Waals surface area contributed by atoms with Crippen molar-refractivity contribution < 1.29 is 14.3 Å². The second-order valence-electron chi connectivity index (χ2n) is 5.23. The van der Waals surface area contributed by atoms with Crippen molar-refractivity contribution in [2.45, 2.75) is 26.0 Å². The van der Waals surface area contributed by atoms with E-state index in [-0.39, 0.29) is 5.91 Å². The molecule has 0 fully saturated rings. The number of carbonyl (C=O) groups is 1. The van der Waals surface area contributed by atoms with Crippen LogP contribution >= 0.6 is 0 Å². The van der Waals surface area contributed by atoms with Crippen LogP contribution in [0.25, 0.3) is 0 Å². The smallest absolute Gasteiger partial charge is 0.221 e. The highest BCUT2D eigenvalue weighted by molar-refractivity contribution is 5.88. The van der Waals surface area contributed by atoms with Crippen molar-refractivity contribution in [3.05, 3.63) is 54.0 Å². The van der Waals surface area contributed by atoms with Crippen LogP contribution in [-0.4, -0.2) is 17.6 Å². The van der Waals surface area contributed by atoms with Gasteiger partial charge in [-0.25, -0.2) is 0 Å². The summed E-state index contributed by atoms with van der Waals surface area (Å²) in [6.45, 7) is 4.19. The van der Waals surface area contributed by atoms with Crippen molar-refractivity contribution in [1.82, 2.24) is 5.32 Å². The number of furan rings is 1. The molecule has 1 heterocycles. The third-order valence-corrected chi connectivity index (χ3v) is 3.12. The van der Waals surface area contributed by atoms with Crippen LogP contribution in [0.5, 0.6) is 0 Å². The van der Waals surface area contributed by atoms with Crippen LogP contribution in [0.1, 0.15) is 25.2 Å². The van der Waals surface area contributed by atoms with Crippen LogP contribution in [-0.2, 0) is 16.9 Å². The molecule has 3 N–H and O–H groups in total. The first-order valence-corrected chi connectivity index (χ1v) is 6.81. The monoisotopic (exact) mass is 288 g/mol. The standard InChI is InChI=1S/C16H20N2O3/c1-12(19)18-14-7-5-13(6-8-14)10-17-11-16(2,20)15-4-3-9-21-15/h3-9,17,20H,10-11H2,1-2H3,(H,18,19). The second kappa shape index (κ2) is 6.56. The maximum atomic E-state index is 10.9. The molecular formula is C16H20N2O3. The summed E-state index contributed by atoms with van der Waals surface area (Å²) in [6.07, 6.45) is 1.55. The first kappa shape index (κ1) is 15.3. The van der Waals surface area contributed by atoms with Gasteiger partial charge in [-0.2, -0.15) is 0 Å². The molecule has 0 aliphatic heterocycles. The molecule has 0 radical (unpaired) electrons. The zero-order valence-corrected chi connectivity index (χ0v) is 12.2. The van der Waals surface area contributed by atoms with E-state index >= 15 is 0 Å². The van der Waals surface area contributed by atoms with E-state index in [9.17, 15) is 9.90 Å². The highest BCUT2D eigenvalue weighted by atomic mass is 16.4. The van der Waals surface area contributed by atoms with E-state index in [2.05, 4.69) is 10.6 Å². The number of hydrogen-bond donors (Lipinski definition) is 3. The molecule has 2 rings (SSSR count). The van der Waals surface area contributed by atoms with Gasteiger partial charge in [0.2, 0.25) is 5.91 Å². The second-order valence-corrected chi connectivity index (χ2v) is 5.23. The molecule has 5 heteroatoms. The third-order valence-electron chi connectivity index (χ3n) is 3.12. The highest BCUT2D eigenvalue weighted by Crippen LogP contribution is 2.20. The fraction of sp³-hybridized carbons (Fsp3) is 0.312. The number of rotatable bonds is 6. The molecular weight excluding hydrogens is 268 g/mol. The minimum absolute atomic E-state index is 0.0876. The van der Waals surface area contributed by atoms with Crippen molar-refractivity contribution >= 4 is 11.6 Å². The van der Waals surface area contributed by atoms with Gasteiger partial charge in [-0.15, -0.1) is 0 Å². The lowest BCUT2D eigenvalue weighted by molar-refractivity contribution is -0.114. The largest absolute Gasteiger partial charge is 0.466 e. The van der Waals surface area contributed by atoms with Crippen molar-refractivity contribution in [3.8, 4) is 0 Å². The van der Waals surface area contributed by atoms with Crippen LogP contribution in [0.2, 0.25) is 0 Å². The Kier molecular flexibility index (Phi) is 4.77. The Bertz CT molecular complexity index is 574. The molecule has 5 nitrogen and oxygen atoms in total. The minimum atomic E-state index is -1.04. The van der Waals surface area contributed by atoms with E-state index in [1.54, 1.807) is 25.3 Å². The molecule has 0 spiro atoms. The van der Waals surface area contributed by atoms with Crippen molar-refractivity contribution in [3.63, 3.8) is 0 Å². The molecule has 0 bridgehead atoms. The Morgan fingerprint density at radius 1 is 1.29 bits per heavy atom. The van der Waals surface area contributed by atoms with E-state index in [1.165, 1.54) is 6.92 Å². The molecule has 1 unspecified atom stereocenters. The van der Waals surface area contributed by atoms with Crippen LogP contribution < -0.4 is 10.6 Å². The van der Waals surface area contributed by atoms with Crippen LogP contribution in [0.15, 0.2) is 47.1 Å². The summed E-state index contributed by atoms with van der Waals surface area (Å²) in [6, 6.07) is 11.1. The van der Waals surface area contributed by atoms with Crippen LogP contribution in [0.3, 0.4) is 0 Å². The van der Waals surface area contributed by atoms with Gasteiger partial charge in [0.05, 0.1) is 6.26 Å². The fourth-order valence-corrected chi connectivity index (χ4v) is 2.03. The van der Waals surface area contributed by atoms with Gasteiger partial charge in [0.25, 0.3) is 0 Å². The predicted octanol–water partition coefficient (Wildman–Crippen LogP) is 2.24. The molecule has 0 saturated carbocycles. The molecule has 0 aliphatic carbocycles. The normalized spacial score (nSPS) is 13.7. The summed E-state index contributed by atoms with van der Waals surface area (Å²) >= 11 is 0. The van der Waals surface area contributed by atoms with E-state index < -0.39 is 5.60 Å². The molecule has 2 aromatic rings. The fourth-order valence-electron chi connectivity index (χ4n) is 2.03. The molecule has 1 amide bonds. The molecule has 1 aromatic carbocycles. The third kappa shape index (κ3) is 4.44. The Hall–Kier alpha value is -2.11. The maximum absolute atomic E-state index is 10.9. The van der Waals surface area contributed by atoms with Gasteiger partial charge in [0.1, 0.15) is 11.4 Å². The quantitative estimate of drug-likeness (QED) is 0.762. The summed E-state index contributed by atoms with van der Waals surface area (Å²) in [5.41, 5.74) is 0.799. The lowest BCUT2D eigenvalue weighted by atomic mass is 10.0. The molecule has 21 heavy (non-hydrogen) atoms. The lowest BCUT2D eigenvalue weighted by Gasteiger charge is -2.21. The average Bonchev–Trinajstić information content (AvgIpc) is 2.95. The summed E-state index contributed by atoms with van der Waals surface area (Å²) < 4.78 is 5.22. The SMILES string of the molecule is CC(=O)Nc1ccc(CNCC(C)(O)c2ccco2)cc1. The Morgan fingerprint density at radius 2 is 2.00 bits per heavy atom. The average molecular weight is 288 g/mol. The van der Waals surface area contributed by atoms with Gasteiger partial charge in [-0.05, 0) is 36.8 Å². The Balaban J connectivity index is 1.84. The van der Waals surface area contributed by atoms with Crippen LogP contribution in [0, 0.1) is 0 Å². The number of nitrogens with one attached hydrogen (secondary N) is 2. The van der Waals surface area contributed by atoms with Gasteiger partial charge in [-0.1, -0.05) is 12.1 Å². The molecule has 0 aliphatic rings. The summed E-state index contributed by atoms with van der Waals surface area (Å²) in [7, 11) is 0. The molecule has 1 aromatic heterocycles. The molecule has 112 valence electrons. The maximum Gasteiger partial charge on any atom is 0.221 e. The number of benzene rings is 1. The Labute approximate surface area is 124 Å². The van der Waals surface area contributed by atoms with Crippen molar-refractivity contribution in [1.29, 1.82) is 0 Å². The van der Waals surface area contributed by atoms with E-state index in [0.29, 0.717) is 18.8 Å². The number of anilines is 1.